The Hall–Kier alpha value is -1.20. The molecule has 4 nitrogen and oxygen atoms in total. The minimum atomic E-state index is -0.266. The highest BCUT2D eigenvalue weighted by molar-refractivity contribution is 7.99. The summed E-state index contributed by atoms with van der Waals surface area (Å²) in [5, 5.41) is 15.5. The summed E-state index contributed by atoms with van der Waals surface area (Å²) < 4.78 is 0. The number of rotatable bonds is 5. The molecule has 0 bridgehead atoms. The molecule has 1 aliphatic rings. The summed E-state index contributed by atoms with van der Waals surface area (Å²) in [4.78, 5) is 13.0. The highest BCUT2D eigenvalue weighted by atomic mass is 32.2. The van der Waals surface area contributed by atoms with Crippen LogP contribution in [0.4, 0.5) is 10.5 Å². The molecule has 0 radical (unpaired) electrons. The Morgan fingerprint density at radius 3 is 2.90 bits per heavy atom. The van der Waals surface area contributed by atoms with E-state index in [0.29, 0.717) is 6.54 Å². The molecule has 5 heteroatoms. The third-order valence-electron chi connectivity index (χ3n) is 3.58. The molecule has 1 saturated carbocycles. The highest BCUT2D eigenvalue weighted by Crippen LogP contribution is 2.27. The van der Waals surface area contributed by atoms with Gasteiger partial charge in [0.15, 0.2) is 0 Å². The fourth-order valence-electron chi connectivity index (χ4n) is 2.50. The minimum absolute atomic E-state index is 0.195. The topological polar surface area (TPSA) is 61.4 Å². The maximum absolute atomic E-state index is 11.9. The number of aliphatic hydroxyl groups excluding tert-OH is 1. The standard InChI is InChI=1S/C15H22N2O2S/c1-2-20-14-9-4-3-7-12(14)17-15(19)16-10-11-6-5-8-13(11)18/h3-4,7,9,11,13,18H,2,5-6,8,10H2,1H3,(H2,16,17,19)/t11-,13-/m1/s1. The molecule has 0 spiro atoms. The molecule has 1 aromatic rings. The normalized spacial score (nSPS) is 21.7. The second-order valence-corrected chi connectivity index (χ2v) is 6.33. The van der Waals surface area contributed by atoms with Crippen molar-refractivity contribution < 1.29 is 9.90 Å². The molecule has 0 saturated heterocycles. The number of anilines is 1. The Balaban J connectivity index is 1.85. The van der Waals surface area contributed by atoms with E-state index in [9.17, 15) is 9.90 Å². The molecule has 1 aromatic carbocycles. The van der Waals surface area contributed by atoms with Crippen LogP contribution in [0, 0.1) is 5.92 Å². The lowest BCUT2D eigenvalue weighted by Gasteiger charge is -2.16. The van der Waals surface area contributed by atoms with Crippen LogP contribution in [-0.4, -0.2) is 29.5 Å². The number of benzene rings is 1. The van der Waals surface area contributed by atoms with Crippen LogP contribution in [0.3, 0.4) is 0 Å². The van der Waals surface area contributed by atoms with Crippen LogP contribution in [-0.2, 0) is 0 Å². The molecule has 2 rings (SSSR count). The van der Waals surface area contributed by atoms with Gasteiger partial charge in [0.2, 0.25) is 0 Å². The van der Waals surface area contributed by atoms with Crippen LogP contribution in [0.1, 0.15) is 26.2 Å². The molecule has 1 aliphatic carbocycles. The quantitative estimate of drug-likeness (QED) is 0.731. The summed E-state index contributed by atoms with van der Waals surface area (Å²) in [5.41, 5.74) is 0.837. The van der Waals surface area contributed by atoms with Crippen molar-refractivity contribution >= 4 is 23.5 Å². The summed E-state index contributed by atoms with van der Waals surface area (Å²) in [7, 11) is 0. The third kappa shape index (κ3) is 4.15. The van der Waals surface area contributed by atoms with Crippen molar-refractivity contribution in [1.82, 2.24) is 5.32 Å². The van der Waals surface area contributed by atoms with Gasteiger partial charge in [-0.3, -0.25) is 0 Å². The van der Waals surface area contributed by atoms with Crippen molar-refractivity contribution in [2.75, 3.05) is 17.6 Å². The fourth-order valence-corrected chi connectivity index (χ4v) is 3.26. The molecule has 110 valence electrons. The Kier molecular flexibility index (Phi) is 5.73. The van der Waals surface area contributed by atoms with Crippen LogP contribution in [0.5, 0.6) is 0 Å². The molecule has 0 aliphatic heterocycles. The first-order valence-electron chi connectivity index (χ1n) is 7.15. The first-order valence-corrected chi connectivity index (χ1v) is 8.14. The van der Waals surface area contributed by atoms with Gasteiger partial charge in [-0.25, -0.2) is 4.79 Å². The second kappa shape index (κ2) is 7.55. The minimum Gasteiger partial charge on any atom is -0.393 e. The highest BCUT2D eigenvalue weighted by Gasteiger charge is 2.25. The molecule has 20 heavy (non-hydrogen) atoms. The van der Waals surface area contributed by atoms with E-state index in [4.69, 9.17) is 0 Å². The molecular formula is C15H22N2O2S. The van der Waals surface area contributed by atoms with Gasteiger partial charge in [-0.1, -0.05) is 25.5 Å². The maximum Gasteiger partial charge on any atom is 0.319 e. The van der Waals surface area contributed by atoms with E-state index >= 15 is 0 Å². The van der Waals surface area contributed by atoms with Crippen LogP contribution in [0.25, 0.3) is 0 Å². The average molecular weight is 294 g/mol. The van der Waals surface area contributed by atoms with Gasteiger partial charge in [-0.05, 0) is 30.7 Å². The molecule has 0 heterocycles. The van der Waals surface area contributed by atoms with Gasteiger partial charge in [0.25, 0.3) is 0 Å². The second-order valence-electron chi connectivity index (χ2n) is 5.02. The lowest BCUT2D eigenvalue weighted by molar-refractivity contribution is 0.133. The van der Waals surface area contributed by atoms with Crippen LogP contribution >= 0.6 is 11.8 Å². The predicted molar refractivity (Wildman–Crippen MR) is 83.2 cm³/mol. The molecule has 0 aromatic heterocycles. The number of carbonyl (C=O) groups excluding carboxylic acids is 1. The maximum atomic E-state index is 11.9. The van der Waals surface area contributed by atoms with Gasteiger partial charge in [0.1, 0.15) is 0 Å². The van der Waals surface area contributed by atoms with Gasteiger partial charge in [-0.2, -0.15) is 0 Å². The third-order valence-corrected chi connectivity index (χ3v) is 4.53. The van der Waals surface area contributed by atoms with E-state index in [1.165, 1.54) is 0 Å². The largest absolute Gasteiger partial charge is 0.393 e. The van der Waals surface area contributed by atoms with E-state index in [0.717, 1.165) is 35.6 Å². The van der Waals surface area contributed by atoms with Crippen LogP contribution in [0.15, 0.2) is 29.2 Å². The monoisotopic (exact) mass is 294 g/mol. The number of hydrogen-bond acceptors (Lipinski definition) is 3. The van der Waals surface area contributed by atoms with E-state index in [1.807, 2.05) is 24.3 Å². The van der Waals surface area contributed by atoms with Crippen molar-refractivity contribution in [1.29, 1.82) is 0 Å². The number of carbonyl (C=O) groups is 1. The lowest BCUT2D eigenvalue weighted by atomic mass is 10.1. The van der Waals surface area contributed by atoms with Gasteiger partial charge < -0.3 is 15.7 Å². The zero-order valence-corrected chi connectivity index (χ0v) is 12.6. The number of para-hydroxylation sites is 1. The summed E-state index contributed by atoms with van der Waals surface area (Å²) in [5.74, 6) is 1.16. The van der Waals surface area contributed by atoms with Crippen LogP contribution < -0.4 is 10.6 Å². The Labute approximate surface area is 124 Å². The number of urea groups is 1. The van der Waals surface area contributed by atoms with E-state index in [2.05, 4.69) is 17.6 Å². The Morgan fingerprint density at radius 2 is 2.20 bits per heavy atom. The first kappa shape index (κ1) is 15.2. The smallest absolute Gasteiger partial charge is 0.319 e. The number of thioether (sulfide) groups is 1. The number of amides is 2. The summed E-state index contributed by atoms with van der Waals surface area (Å²) in [6.45, 7) is 2.62. The molecular weight excluding hydrogens is 272 g/mol. The van der Waals surface area contributed by atoms with Crippen molar-refractivity contribution in [2.24, 2.45) is 5.92 Å². The number of nitrogens with one attached hydrogen (secondary N) is 2. The average Bonchev–Trinajstić information content (AvgIpc) is 2.84. The van der Waals surface area contributed by atoms with Crippen molar-refractivity contribution in [3.8, 4) is 0 Å². The van der Waals surface area contributed by atoms with E-state index in [-0.39, 0.29) is 18.1 Å². The summed E-state index contributed by atoms with van der Waals surface area (Å²) in [6, 6.07) is 7.59. The Morgan fingerprint density at radius 1 is 1.40 bits per heavy atom. The van der Waals surface area contributed by atoms with Crippen LogP contribution in [0.2, 0.25) is 0 Å². The van der Waals surface area contributed by atoms with Gasteiger partial charge in [0.05, 0.1) is 11.8 Å². The lowest BCUT2D eigenvalue weighted by Crippen LogP contribution is -2.35. The van der Waals surface area contributed by atoms with E-state index in [1.54, 1.807) is 11.8 Å². The van der Waals surface area contributed by atoms with Gasteiger partial charge >= 0.3 is 6.03 Å². The van der Waals surface area contributed by atoms with E-state index < -0.39 is 0 Å². The molecule has 1 fully saturated rings. The summed E-state index contributed by atoms with van der Waals surface area (Å²) >= 11 is 1.71. The number of aliphatic hydroxyl groups is 1. The molecule has 2 atom stereocenters. The van der Waals surface area contributed by atoms with Gasteiger partial charge in [0, 0.05) is 17.4 Å². The zero-order valence-electron chi connectivity index (χ0n) is 11.8. The van der Waals surface area contributed by atoms with Crippen molar-refractivity contribution in [3.63, 3.8) is 0 Å². The zero-order chi connectivity index (χ0) is 14.4. The van der Waals surface area contributed by atoms with Gasteiger partial charge in [-0.15, -0.1) is 11.8 Å². The number of hydrogen-bond donors (Lipinski definition) is 3. The first-order chi connectivity index (χ1) is 9.70. The fraction of sp³-hybridized carbons (Fsp3) is 0.533. The molecule has 3 N–H and O–H groups in total. The summed E-state index contributed by atoms with van der Waals surface area (Å²) in [6.07, 6.45) is 2.62. The molecule has 2 amide bonds. The van der Waals surface area contributed by atoms with Crippen molar-refractivity contribution in [3.05, 3.63) is 24.3 Å². The van der Waals surface area contributed by atoms with Crippen molar-refractivity contribution in [2.45, 2.75) is 37.2 Å². The SMILES string of the molecule is CCSc1ccccc1NC(=O)NC[C@H]1CCC[C@H]1O. The molecule has 0 unspecified atom stereocenters. The predicted octanol–water partition coefficient (Wildman–Crippen LogP) is 3.08. The Bertz CT molecular complexity index is 453.